The molecule has 1 amide bonds. The molecule has 2 aromatic rings. The van der Waals surface area contributed by atoms with E-state index < -0.39 is 0 Å². The van der Waals surface area contributed by atoms with Gasteiger partial charge in [0, 0.05) is 11.1 Å². The Morgan fingerprint density at radius 2 is 2.21 bits per heavy atom. The van der Waals surface area contributed by atoms with Crippen molar-refractivity contribution in [2.45, 2.75) is 13.3 Å². The van der Waals surface area contributed by atoms with Crippen LogP contribution < -0.4 is 5.32 Å². The number of benzene rings is 1. The lowest BCUT2D eigenvalue weighted by Gasteiger charge is -1.97. The van der Waals surface area contributed by atoms with Crippen LogP contribution in [0.5, 0.6) is 0 Å². The maximum absolute atomic E-state index is 11.7. The van der Waals surface area contributed by atoms with Crippen molar-refractivity contribution >= 4 is 40.1 Å². The highest BCUT2D eigenvalue weighted by Crippen LogP contribution is 2.17. The molecule has 0 saturated heterocycles. The predicted molar refractivity (Wildman–Crippen MR) is 78.4 cm³/mol. The number of anilines is 1. The molecule has 98 valence electrons. The van der Waals surface area contributed by atoms with Gasteiger partial charge < -0.3 is 0 Å². The lowest BCUT2D eigenvalue weighted by atomic mass is 10.2. The highest BCUT2D eigenvalue weighted by atomic mass is 35.5. The van der Waals surface area contributed by atoms with Gasteiger partial charge in [-0.3, -0.25) is 10.1 Å². The fraction of sp³-hybridized carbons (Fsp3) is 0.154. The van der Waals surface area contributed by atoms with E-state index in [1.54, 1.807) is 12.1 Å². The fourth-order valence-corrected chi connectivity index (χ4v) is 2.25. The normalized spacial score (nSPS) is 10.8. The van der Waals surface area contributed by atoms with Crippen molar-refractivity contribution in [1.29, 1.82) is 0 Å². The first-order valence-electron chi connectivity index (χ1n) is 5.75. The maximum Gasteiger partial charge on any atom is 0.250 e. The van der Waals surface area contributed by atoms with Gasteiger partial charge >= 0.3 is 0 Å². The van der Waals surface area contributed by atoms with Crippen LogP contribution in [0.4, 0.5) is 5.13 Å². The summed E-state index contributed by atoms with van der Waals surface area (Å²) in [6, 6.07) is 7.32. The molecule has 0 aliphatic heterocycles. The van der Waals surface area contributed by atoms with Crippen LogP contribution in [0.15, 0.2) is 30.3 Å². The maximum atomic E-state index is 11.7. The van der Waals surface area contributed by atoms with E-state index in [-0.39, 0.29) is 5.91 Å². The first-order chi connectivity index (χ1) is 9.19. The molecule has 1 aromatic heterocycles. The molecule has 0 aliphatic rings. The number of aryl methyl sites for hydroxylation is 1. The topological polar surface area (TPSA) is 54.9 Å². The minimum Gasteiger partial charge on any atom is -0.297 e. The van der Waals surface area contributed by atoms with E-state index in [0.29, 0.717) is 10.2 Å². The van der Waals surface area contributed by atoms with Crippen molar-refractivity contribution in [2.75, 3.05) is 5.32 Å². The van der Waals surface area contributed by atoms with Crippen molar-refractivity contribution < 1.29 is 4.79 Å². The fourth-order valence-electron chi connectivity index (χ4n) is 1.37. The van der Waals surface area contributed by atoms with E-state index in [1.807, 2.05) is 25.1 Å². The van der Waals surface area contributed by atoms with Gasteiger partial charge in [0.25, 0.3) is 0 Å². The highest BCUT2D eigenvalue weighted by molar-refractivity contribution is 7.15. The molecule has 0 unspecified atom stereocenters. The van der Waals surface area contributed by atoms with Gasteiger partial charge in [0.1, 0.15) is 5.01 Å². The minimum absolute atomic E-state index is 0.251. The van der Waals surface area contributed by atoms with Crippen LogP contribution in [0.25, 0.3) is 6.08 Å². The van der Waals surface area contributed by atoms with Gasteiger partial charge in [-0.05, 0) is 24.1 Å². The van der Waals surface area contributed by atoms with Crippen LogP contribution in [0, 0.1) is 0 Å². The summed E-state index contributed by atoms with van der Waals surface area (Å²) >= 11 is 7.36. The molecule has 0 radical (unpaired) electrons. The average Bonchev–Trinajstić information content (AvgIpc) is 2.85. The van der Waals surface area contributed by atoms with E-state index in [2.05, 4.69) is 15.5 Å². The number of hydrogen-bond donors (Lipinski definition) is 1. The van der Waals surface area contributed by atoms with Gasteiger partial charge in [-0.1, -0.05) is 48.1 Å². The molecule has 0 spiro atoms. The summed E-state index contributed by atoms with van der Waals surface area (Å²) in [5.41, 5.74) is 0.797. The Labute approximate surface area is 120 Å². The molecule has 1 heterocycles. The average molecular weight is 294 g/mol. The molecular formula is C13H12ClN3OS. The molecule has 0 bridgehead atoms. The molecule has 2 rings (SSSR count). The number of amides is 1. The summed E-state index contributed by atoms with van der Waals surface area (Å²) in [5.74, 6) is -0.251. The van der Waals surface area contributed by atoms with Gasteiger partial charge in [0.05, 0.1) is 0 Å². The number of nitrogens with one attached hydrogen (secondary N) is 1. The molecule has 19 heavy (non-hydrogen) atoms. The highest BCUT2D eigenvalue weighted by Gasteiger charge is 2.04. The Morgan fingerprint density at radius 3 is 2.89 bits per heavy atom. The zero-order valence-electron chi connectivity index (χ0n) is 10.3. The van der Waals surface area contributed by atoms with Gasteiger partial charge in [0.15, 0.2) is 0 Å². The SMILES string of the molecule is CCc1nnc(NC(=O)/C=C/c2ccccc2Cl)s1. The number of rotatable bonds is 4. The van der Waals surface area contributed by atoms with Gasteiger partial charge in [-0.25, -0.2) is 0 Å². The molecule has 0 saturated carbocycles. The Bertz CT molecular complexity index is 609. The molecule has 0 fully saturated rings. The van der Waals surface area contributed by atoms with Gasteiger partial charge in [-0.15, -0.1) is 10.2 Å². The number of nitrogens with zero attached hydrogens (tertiary/aromatic N) is 2. The zero-order chi connectivity index (χ0) is 13.7. The monoisotopic (exact) mass is 293 g/mol. The van der Waals surface area contributed by atoms with Gasteiger partial charge in [0.2, 0.25) is 11.0 Å². The number of aromatic nitrogens is 2. The van der Waals surface area contributed by atoms with E-state index in [0.717, 1.165) is 17.0 Å². The smallest absolute Gasteiger partial charge is 0.250 e. The Balaban J connectivity index is 1.99. The molecule has 0 aliphatic carbocycles. The Hall–Kier alpha value is -1.72. The predicted octanol–water partition coefficient (Wildman–Crippen LogP) is 3.41. The lowest BCUT2D eigenvalue weighted by Crippen LogP contribution is -2.07. The third-order valence-corrected chi connectivity index (χ3v) is 3.65. The van der Waals surface area contributed by atoms with E-state index in [9.17, 15) is 4.79 Å². The number of carbonyl (C=O) groups is 1. The van der Waals surface area contributed by atoms with Crippen LogP contribution in [0.2, 0.25) is 5.02 Å². The number of carbonyl (C=O) groups excluding carboxylic acids is 1. The van der Waals surface area contributed by atoms with Crippen molar-refractivity contribution in [3.8, 4) is 0 Å². The molecule has 0 atom stereocenters. The van der Waals surface area contributed by atoms with Crippen LogP contribution in [0.3, 0.4) is 0 Å². The summed E-state index contributed by atoms with van der Waals surface area (Å²) in [6.45, 7) is 1.99. The summed E-state index contributed by atoms with van der Waals surface area (Å²) in [5, 5.41) is 12.5. The largest absolute Gasteiger partial charge is 0.297 e. The van der Waals surface area contributed by atoms with E-state index in [4.69, 9.17) is 11.6 Å². The van der Waals surface area contributed by atoms with E-state index in [1.165, 1.54) is 17.4 Å². The summed E-state index contributed by atoms with van der Waals surface area (Å²) in [7, 11) is 0. The minimum atomic E-state index is -0.251. The Kier molecular flexibility index (Phi) is 4.65. The van der Waals surface area contributed by atoms with Crippen molar-refractivity contribution in [1.82, 2.24) is 10.2 Å². The van der Waals surface area contributed by atoms with Crippen molar-refractivity contribution in [2.24, 2.45) is 0 Å². The molecular weight excluding hydrogens is 282 g/mol. The molecule has 6 heteroatoms. The molecule has 1 aromatic carbocycles. The molecule has 1 N–H and O–H groups in total. The second-order valence-electron chi connectivity index (χ2n) is 3.70. The zero-order valence-corrected chi connectivity index (χ0v) is 11.8. The third-order valence-electron chi connectivity index (χ3n) is 2.32. The second kappa shape index (κ2) is 6.45. The van der Waals surface area contributed by atoms with Crippen LogP contribution in [-0.2, 0) is 11.2 Å². The summed E-state index contributed by atoms with van der Waals surface area (Å²) < 4.78 is 0. The standard InChI is InChI=1S/C13H12ClN3OS/c1-2-12-16-17-13(19-12)15-11(18)8-7-9-5-3-4-6-10(9)14/h3-8H,2H2,1H3,(H,15,17,18)/b8-7+. The van der Waals surface area contributed by atoms with Gasteiger partial charge in [-0.2, -0.15) is 0 Å². The number of hydrogen-bond acceptors (Lipinski definition) is 4. The van der Waals surface area contributed by atoms with Crippen LogP contribution >= 0.6 is 22.9 Å². The lowest BCUT2D eigenvalue weighted by molar-refractivity contribution is -0.111. The number of halogens is 1. The van der Waals surface area contributed by atoms with E-state index >= 15 is 0 Å². The second-order valence-corrected chi connectivity index (χ2v) is 5.17. The summed E-state index contributed by atoms with van der Waals surface area (Å²) in [6.07, 6.45) is 3.90. The Morgan fingerprint density at radius 1 is 1.42 bits per heavy atom. The first kappa shape index (κ1) is 13.7. The van der Waals surface area contributed by atoms with Crippen LogP contribution in [0.1, 0.15) is 17.5 Å². The quantitative estimate of drug-likeness (QED) is 0.879. The van der Waals surface area contributed by atoms with Crippen molar-refractivity contribution in [3.63, 3.8) is 0 Å². The summed E-state index contributed by atoms with van der Waals surface area (Å²) in [4.78, 5) is 11.7. The third kappa shape index (κ3) is 3.87. The van der Waals surface area contributed by atoms with Crippen LogP contribution in [-0.4, -0.2) is 16.1 Å². The molecule has 4 nitrogen and oxygen atoms in total. The van der Waals surface area contributed by atoms with Crippen molar-refractivity contribution in [3.05, 3.63) is 45.9 Å². The first-order valence-corrected chi connectivity index (χ1v) is 6.94.